The van der Waals surface area contributed by atoms with Crippen LogP contribution >= 0.6 is 0 Å². The van der Waals surface area contributed by atoms with Crippen LogP contribution in [-0.2, 0) is 0 Å². The molecule has 0 spiro atoms. The second kappa shape index (κ2) is 9.55. The van der Waals surface area contributed by atoms with Crippen molar-refractivity contribution in [3.63, 3.8) is 0 Å². The third kappa shape index (κ3) is 17.9. The Bertz CT molecular complexity index is 95.1. The molecule has 0 saturated carbocycles. The minimum Gasteiger partial charge on any atom is -0.0654 e. The van der Waals surface area contributed by atoms with E-state index in [0.29, 0.717) is 5.41 Å². The number of hydrogen-bond donors (Lipinski definition) is 0. The van der Waals surface area contributed by atoms with Gasteiger partial charge in [-0.15, -0.1) is 0 Å². The first-order valence-electron chi connectivity index (χ1n) is 6.37. The first kappa shape index (κ1) is 16.4. The molecule has 1 unspecified atom stereocenters. The minimum atomic E-state index is 0.531. The molecule has 0 aromatic heterocycles. The average Bonchev–Trinajstić information content (AvgIpc) is 2.13. The molecule has 0 nitrogen and oxygen atoms in total. The molecule has 0 aromatic rings. The first-order chi connectivity index (χ1) is 6.37. The molecule has 0 bridgehead atoms. The van der Waals surface area contributed by atoms with E-state index in [4.69, 9.17) is 0 Å². The summed E-state index contributed by atoms with van der Waals surface area (Å²) in [6, 6.07) is 0. The molecule has 0 heterocycles. The maximum atomic E-state index is 2.34. The lowest BCUT2D eigenvalue weighted by molar-refractivity contribution is 0.327. The van der Waals surface area contributed by atoms with Crippen LogP contribution in [0.1, 0.15) is 80.6 Å². The normalized spacial score (nSPS) is 13.1. The van der Waals surface area contributed by atoms with Gasteiger partial charge < -0.3 is 0 Å². The summed E-state index contributed by atoms with van der Waals surface area (Å²) in [4.78, 5) is 0. The Morgan fingerprint density at radius 1 is 0.929 bits per heavy atom. The van der Waals surface area contributed by atoms with Gasteiger partial charge in [-0.3, -0.25) is 0 Å². The van der Waals surface area contributed by atoms with E-state index in [1.165, 1.54) is 32.1 Å². The predicted molar refractivity (Wildman–Crippen MR) is 68.7 cm³/mol. The monoisotopic (exact) mass is 200 g/mol. The summed E-state index contributed by atoms with van der Waals surface area (Å²) in [6.45, 7) is 15.9. The number of hydrogen-bond acceptors (Lipinski definition) is 0. The van der Waals surface area contributed by atoms with Crippen LogP contribution in [-0.4, -0.2) is 0 Å². The smallest absolute Gasteiger partial charge is 0.0383 e. The molecule has 0 heteroatoms. The molecular formula is C14H32. The van der Waals surface area contributed by atoms with Crippen molar-refractivity contribution in [1.29, 1.82) is 0 Å². The Hall–Kier alpha value is 0. The van der Waals surface area contributed by atoms with Gasteiger partial charge in [-0.25, -0.2) is 0 Å². The van der Waals surface area contributed by atoms with Gasteiger partial charge in [0.2, 0.25) is 0 Å². The quantitative estimate of drug-likeness (QED) is 0.549. The molecule has 1 atom stereocenters. The molecule has 0 aliphatic carbocycles. The lowest BCUT2D eigenvalue weighted by Crippen LogP contribution is -2.06. The largest absolute Gasteiger partial charge is 0.0654 e. The van der Waals surface area contributed by atoms with Gasteiger partial charge in [-0.2, -0.15) is 0 Å². The van der Waals surface area contributed by atoms with E-state index >= 15 is 0 Å². The minimum absolute atomic E-state index is 0.531. The summed E-state index contributed by atoms with van der Waals surface area (Å²) in [5.41, 5.74) is 0.531. The molecule has 0 aromatic carbocycles. The maximum Gasteiger partial charge on any atom is -0.0383 e. The third-order valence-corrected chi connectivity index (χ3v) is 2.58. The van der Waals surface area contributed by atoms with Gasteiger partial charge in [0.1, 0.15) is 0 Å². The maximum absolute atomic E-state index is 2.34. The van der Waals surface area contributed by atoms with Crippen LogP contribution in [0.4, 0.5) is 0 Å². The van der Waals surface area contributed by atoms with E-state index in [1.54, 1.807) is 0 Å². The highest BCUT2D eigenvalue weighted by Crippen LogP contribution is 2.24. The van der Waals surface area contributed by atoms with Crippen LogP contribution < -0.4 is 0 Å². The fourth-order valence-electron chi connectivity index (χ4n) is 0.884. The van der Waals surface area contributed by atoms with Crippen molar-refractivity contribution in [2.75, 3.05) is 0 Å². The molecule has 0 saturated heterocycles. The Balaban J connectivity index is 0. The zero-order chi connectivity index (χ0) is 11.6. The molecule has 0 aliphatic heterocycles. The molecule has 88 valence electrons. The van der Waals surface area contributed by atoms with Crippen LogP contribution in [0.5, 0.6) is 0 Å². The lowest BCUT2D eigenvalue weighted by Gasteiger charge is -2.19. The molecule has 0 fully saturated rings. The molecular weight excluding hydrogens is 168 g/mol. The van der Waals surface area contributed by atoms with Crippen molar-refractivity contribution in [2.45, 2.75) is 80.6 Å². The van der Waals surface area contributed by atoms with Crippen LogP contribution in [0.15, 0.2) is 0 Å². The van der Waals surface area contributed by atoms with Crippen LogP contribution in [0.2, 0.25) is 0 Å². The summed E-state index contributed by atoms with van der Waals surface area (Å²) in [6.07, 6.45) is 6.72. The van der Waals surface area contributed by atoms with Crippen LogP contribution in [0.3, 0.4) is 0 Å². The van der Waals surface area contributed by atoms with E-state index < -0.39 is 0 Å². The van der Waals surface area contributed by atoms with E-state index in [9.17, 15) is 0 Å². The Morgan fingerprint density at radius 2 is 1.36 bits per heavy atom. The summed E-state index contributed by atoms with van der Waals surface area (Å²) in [7, 11) is 0. The molecule has 0 radical (unpaired) electrons. The van der Waals surface area contributed by atoms with Crippen LogP contribution in [0, 0.1) is 11.3 Å². The fraction of sp³-hybridized carbons (Fsp3) is 1.00. The molecule has 0 rings (SSSR count). The highest BCUT2D eigenvalue weighted by Gasteiger charge is 2.10. The van der Waals surface area contributed by atoms with Crippen molar-refractivity contribution >= 4 is 0 Å². The van der Waals surface area contributed by atoms with E-state index in [1.807, 2.05) is 0 Å². The SMILES string of the molecule is CCC(C)CCC(C)(C)C.CCCC. The van der Waals surface area contributed by atoms with Gasteiger partial charge in [0.15, 0.2) is 0 Å². The average molecular weight is 200 g/mol. The van der Waals surface area contributed by atoms with Gasteiger partial charge in [-0.1, -0.05) is 74.1 Å². The van der Waals surface area contributed by atoms with Crippen molar-refractivity contribution in [3.8, 4) is 0 Å². The Kier molecular flexibility index (Phi) is 11.2. The standard InChI is InChI=1S/C10H22.C4H10/c1-6-9(2)7-8-10(3,4)5;1-3-4-2/h9H,6-8H2,1-5H3;3-4H2,1-2H3. The highest BCUT2D eigenvalue weighted by atomic mass is 14.2. The van der Waals surface area contributed by atoms with Gasteiger partial charge in [0, 0.05) is 0 Å². The van der Waals surface area contributed by atoms with Gasteiger partial charge in [-0.05, 0) is 17.8 Å². The summed E-state index contributed by atoms with van der Waals surface area (Å²) >= 11 is 0. The molecule has 14 heavy (non-hydrogen) atoms. The van der Waals surface area contributed by atoms with Crippen molar-refractivity contribution < 1.29 is 0 Å². The molecule has 0 N–H and O–H groups in total. The highest BCUT2D eigenvalue weighted by molar-refractivity contribution is 4.63. The third-order valence-electron chi connectivity index (χ3n) is 2.58. The lowest BCUT2D eigenvalue weighted by atomic mass is 9.86. The molecule has 0 aliphatic rings. The topological polar surface area (TPSA) is 0 Å². The van der Waals surface area contributed by atoms with Crippen molar-refractivity contribution in [3.05, 3.63) is 0 Å². The fourth-order valence-corrected chi connectivity index (χ4v) is 0.884. The Labute approximate surface area is 92.5 Å². The summed E-state index contributed by atoms with van der Waals surface area (Å²) in [5, 5.41) is 0. The first-order valence-corrected chi connectivity index (χ1v) is 6.37. The zero-order valence-electron chi connectivity index (χ0n) is 11.6. The second-order valence-corrected chi connectivity index (χ2v) is 5.61. The predicted octanol–water partition coefficient (Wildman–Crippen LogP) is 5.67. The molecule has 0 amide bonds. The second-order valence-electron chi connectivity index (χ2n) is 5.61. The van der Waals surface area contributed by atoms with Crippen molar-refractivity contribution in [2.24, 2.45) is 11.3 Å². The van der Waals surface area contributed by atoms with E-state index in [2.05, 4.69) is 48.5 Å². The zero-order valence-corrected chi connectivity index (χ0v) is 11.6. The van der Waals surface area contributed by atoms with Gasteiger partial charge in [0.05, 0.1) is 0 Å². The van der Waals surface area contributed by atoms with Gasteiger partial charge in [0.25, 0.3) is 0 Å². The number of rotatable bonds is 4. The van der Waals surface area contributed by atoms with E-state index in [0.717, 1.165) is 5.92 Å². The van der Waals surface area contributed by atoms with E-state index in [-0.39, 0.29) is 0 Å². The summed E-state index contributed by atoms with van der Waals surface area (Å²) in [5.74, 6) is 0.916. The Morgan fingerprint density at radius 3 is 1.57 bits per heavy atom. The summed E-state index contributed by atoms with van der Waals surface area (Å²) < 4.78 is 0. The van der Waals surface area contributed by atoms with Gasteiger partial charge >= 0.3 is 0 Å². The van der Waals surface area contributed by atoms with Crippen molar-refractivity contribution in [1.82, 2.24) is 0 Å². The number of unbranched alkanes of at least 4 members (excludes halogenated alkanes) is 1. The van der Waals surface area contributed by atoms with Crippen LogP contribution in [0.25, 0.3) is 0 Å².